The highest BCUT2D eigenvalue weighted by Crippen LogP contribution is 2.27. The molecule has 0 radical (unpaired) electrons. The lowest BCUT2D eigenvalue weighted by atomic mass is 9.99. The normalized spacial score (nSPS) is 11.0. The number of nitrogens with zero attached hydrogens (tertiary/aromatic N) is 3. The molecule has 0 saturated carbocycles. The Bertz CT molecular complexity index is 1170. The molecular weight excluding hydrogens is 393 g/mol. The van der Waals surface area contributed by atoms with Gasteiger partial charge in [-0.05, 0) is 60.9 Å². The van der Waals surface area contributed by atoms with E-state index in [0.717, 1.165) is 53.7 Å². The van der Waals surface area contributed by atoms with E-state index in [1.807, 2.05) is 18.2 Å². The summed E-state index contributed by atoms with van der Waals surface area (Å²) in [6, 6.07) is 14.0. The summed E-state index contributed by atoms with van der Waals surface area (Å²) in [6.07, 6.45) is 4.93. The molecule has 0 aliphatic rings. The number of carbonyl (C=O) groups is 1. The van der Waals surface area contributed by atoms with Crippen LogP contribution >= 0.6 is 0 Å². The number of aryl methyl sites for hydroxylation is 2. The van der Waals surface area contributed by atoms with Gasteiger partial charge in [-0.15, -0.1) is 10.2 Å². The van der Waals surface area contributed by atoms with Crippen molar-refractivity contribution in [2.45, 2.75) is 32.6 Å². The van der Waals surface area contributed by atoms with E-state index in [2.05, 4.69) is 33.5 Å². The number of aromatic nitrogens is 4. The molecule has 0 aliphatic carbocycles. The first-order valence-electron chi connectivity index (χ1n) is 10.5. The number of nitrogens with one attached hydrogen (secondary N) is 2. The van der Waals surface area contributed by atoms with Crippen LogP contribution in [0.1, 0.15) is 41.5 Å². The number of carbonyl (C=O) groups excluding carboxylic acids is 1. The fraction of sp³-hybridized carbons (Fsp3) is 0.250. The maximum Gasteiger partial charge on any atom is 0.251 e. The Morgan fingerprint density at radius 1 is 1.10 bits per heavy atom. The summed E-state index contributed by atoms with van der Waals surface area (Å²) in [4.78, 5) is 20.4. The van der Waals surface area contributed by atoms with Crippen LogP contribution < -0.4 is 5.32 Å². The molecule has 4 aromatic rings. The summed E-state index contributed by atoms with van der Waals surface area (Å²) in [5.41, 5.74) is 4.13. The van der Waals surface area contributed by atoms with E-state index in [1.54, 1.807) is 18.5 Å². The summed E-state index contributed by atoms with van der Waals surface area (Å²) in [5.74, 6) is 0.395. The molecular formula is C24H24FN5O. The van der Waals surface area contributed by atoms with Crippen LogP contribution in [0.5, 0.6) is 0 Å². The molecule has 1 amide bonds. The van der Waals surface area contributed by atoms with Crippen LogP contribution in [0.25, 0.3) is 22.2 Å². The highest BCUT2D eigenvalue weighted by atomic mass is 19.1. The van der Waals surface area contributed by atoms with Gasteiger partial charge in [0, 0.05) is 29.5 Å². The zero-order valence-corrected chi connectivity index (χ0v) is 17.4. The Balaban J connectivity index is 1.56. The molecule has 2 aromatic carbocycles. The standard InChI is InChI=1S/C24H24FN5O/c1-2-4-17-13-21(16-6-9-19(25)10-7-16)29-22-14-18(8-11-20(17)22)24(31)26-12-3-5-23-27-15-28-30-23/h6-11,13-15H,2-5,12H2,1H3,(H,26,31)(H,27,28,30). The van der Waals surface area contributed by atoms with Crippen molar-refractivity contribution in [3.63, 3.8) is 0 Å². The lowest BCUT2D eigenvalue weighted by molar-refractivity contribution is 0.0953. The minimum Gasteiger partial charge on any atom is -0.352 e. The van der Waals surface area contributed by atoms with Crippen molar-refractivity contribution in [2.75, 3.05) is 6.54 Å². The van der Waals surface area contributed by atoms with E-state index < -0.39 is 0 Å². The molecule has 0 atom stereocenters. The molecule has 0 saturated heterocycles. The van der Waals surface area contributed by atoms with Gasteiger partial charge in [0.25, 0.3) is 5.91 Å². The van der Waals surface area contributed by atoms with Gasteiger partial charge in [-0.25, -0.2) is 9.37 Å². The number of benzene rings is 2. The number of amides is 1. The number of H-pyrrole nitrogens is 1. The zero-order valence-electron chi connectivity index (χ0n) is 17.4. The quantitative estimate of drug-likeness (QED) is 0.414. The van der Waals surface area contributed by atoms with Crippen molar-refractivity contribution >= 4 is 16.8 Å². The predicted molar refractivity (Wildman–Crippen MR) is 118 cm³/mol. The van der Waals surface area contributed by atoms with Crippen LogP contribution in [0.4, 0.5) is 4.39 Å². The van der Waals surface area contributed by atoms with Crippen LogP contribution in [0.3, 0.4) is 0 Å². The van der Waals surface area contributed by atoms with Crippen molar-refractivity contribution in [2.24, 2.45) is 0 Å². The van der Waals surface area contributed by atoms with Crippen molar-refractivity contribution in [1.29, 1.82) is 0 Å². The van der Waals surface area contributed by atoms with Crippen molar-refractivity contribution in [1.82, 2.24) is 25.5 Å². The molecule has 2 heterocycles. The number of aromatic amines is 1. The van der Waals surface area contributed by atoms with Crippen LogP contribution in [0, 0.1) is 5.82 Å². The first-order chi connectivity index (χ1) is 15.1. The summed E-state index contributed by atoms with van der Waals surface area (Å²) in [7, 11) is 0. The van der Waals surface area contributed by atoms with E-state index in [1.165, 1.54) is 17.7 Å². The van der Waals surface area contributed by atoms with E-state index >= 15 is 0 Å². The molecule has 6 nitrogen and oxygen atoms in total. The third kappa shape index (κ3) is 4.94. The van der Waals surface area contributed by atoms with Crippen LogP contribution in [0.2, 0.25) is 0 Å². The average molecular weight is 417 g/mol. The lowest BCUT2D eigenvalue weighted by Crippen LogP contribution is -2.24. The number of fused-ring (bicyclic) bond motifs is 1. The maximum absolute atomic E-state index is 13.3. The zero-order chi connectivity index (χ0) is 21.6. The van der Waals surface area contributed by atoms with Crippen LogP contribution in [-0.2, 0) is 12.8 Å². The summed E-state index contributed by atoms with van der Waals surface area (Å²) < 4.78 is 13.3. The fourth-order valence-electron chi connectivity index (χ4n) is 3.60. The van der Waals surface area contributed by atoms with Crippen LogP contribution in [0.15, 0.2) is 54.9 Å². The van der Waals surface area contributed by atoms with Gasteiger partial charge in [-0.3, -0.25) is 4.79 Å². The van der Waals surface area contributed by atoms with Crippen molar-refractivity contribution in [3.05, 3.63) is 77.6 Å². The van der Waals surface area contributed by atoms with Gasteiger partial charge in [-0.2, -0.15) is 0 Å². The minimum atomic E-state index is -0.277. The number of rotatable bonds is 8. The predicted octanol–water partition coefficient (Wildman–Crippen LogP) is 4.47. The SMILES string of the molecule is CCCc1cc(-c2ccc(F)cc2)nc2cc(C(=O)NCCCc3nnc[nH]3)ccc12. The Labute approximate surface area is 179 Å². The van der Waals surface area contributed by atoms with Gasteiger partial charge >= 0.3 is 0 Å². The van der Waals surface area contributed by atoms with Gasteiger partial charge in [0.1, 0.15) is 18.0 Å². The summed E-state index contributed by atoms with van der Waals surface area (Å²) >= 11 is 0. The first-order valence-corrected chi connectivity index (χ1v) is 10.5. The molecule has 2 N–H and O–H groups in total. The minimum absolute atomic E-state index is 0.134. The molecule has 31 heavy (non-hydrogen) atoms. The molecule has 0 bridgehead atoms. The van der Waals surface area contributed by atoms with Gasteiger partial charge in [0.15, 0.2) is 0 Å². The Hall–Kier alpha value is -3.61. The molecule has 2 aromatic heterocycles. The maximum atomic E-state index is 13.3. The van der Waals surface area contributed by atoms with E-state index in [-0.39, 0.29) is 11.7 Å². The van der Waals surface area contributed by atoms with Crippen LogP contribution in [-0.4, -0.2) is 32.6 Å². The van der Waals surface area contributed by atoms with Gasteiger partial charge in [0.2, 0.25) is 0 Å². The average Bonchev–Trinajstić information content (AvgIpc) is 3.30. The van der Waals surface area contributed by atoms with Crippen molar-refractivity contribution in [3.8, 4) is 11.3 Å². The van der Waals surface area contributed by atoms with E-state index in [4.69, 9.17) is 4.98 Å². The largest absolute Gasteiger partial charge is 0.352 e. The second-order valence-corrected chi connectivity index (χ2v) is 7.45. The Kier molecular flexibility index (Phi) is 6.31. The number of hydrogen-bond donors (Lipinski definition) is 2. The number of pyridine rings is 1. The monoisotopic (exact) mass is 417 g/mol. The smallest absolute Gasteiger partial charge is 0.251 e. The molecule has 0 fully saturated rings. The lowest BCUT2D eigenvalue weighted by Gasteiger charge is -2.11. The molecule has 4 rings (SSSR count). The van der Waals surface area contributed by atoms with Gasteiger partial charge in [0.05, 0.1) is 11.2 Å². The van der Waals surface area contributed by atoms with Gasteiger partial charge < -0.3 is 10.3 Å². The Morgan fingerprint density at radius 2 is 1.94 bits per heavy atom. The van der Waals surface area contributed by atoms with Crippen molar-refractivity contribution < 1.29 is 9.18 Å². The van der Waals surface area contributed by atoms with Gasteiger partial charge in [-0.1, -0.05) is 19.4 Å². The first kappa shape index (κ1) is 20.7. The molecule has 0 unspecified atom stereocenters. The van der Waals surface area contributed by atoms with E-state index in [0.29, 0.717) is 12.1 Å². The fourth-order valence-corrected chi connectivity index (χ4v) is 3.60. The highest BCUT2D eigenvalue weighted by Gasteiger charge is 2.11. The molecule has 0 aliphatic heterocycles. The molecule has 7 heteroatoms. The second kappa shape index (κ2) is 9.47. The number of halogens is 1. The Morgan fingerprint density at radius 3 is 2.68 bits per heavy atom. The third-order valence-corrected chi connectivity index (χ3v) is 5.16. The van der Waals surface area contributed by atoms with E-state index in [9.17, 15) is 9.18 Å². The number of hydrogen-bond acceptors (Lipinski definition) is 4. The highest BCUT2D eigenvalue weighted by molar-refractivity contribution is 5.98. The third-order valence-electron chi connectivity index (χ3n) is 5.16. The molecule has 158 valence electrons. The summed E-state index contributed by atoms with van der Waals surface area (Å²) in [5, 5.41) is 11.7. The summed E-state index contributed by atoms with van der Waals surface area (Å²) in [6.45, 7) is 2.67. The second-order valence-electron chi connectivity index (χ2n) is 7.45. The topological polar surface area (TPSA) is 83.6 Å². The molecule has 0 spiro atoms.